The van der Waals surface area contributed by atoms with Crippen molar-refractivity contribution in [3.63, 3.8) is 0 Å². The fourth-order valence-corrected chi connectivity index (χ4v) is 2.75. The van der Waals surface area contributed by atoms with Gasteiger partial charge in [-0.1, -0.05) is 29.3 Å². The van der Waals surface area contributed by atoms with E-state index in [2.05, 4.69) is 5.32 Å². The second-order valence-corrected chi connectivity index (χ2v) is 5.75. The predicted molar refractivity (Wildman–Crippen MR) is 91.3 cm³/mol. The molecule has 1 aromatic heterocycles. The Hall–Kier alpha value is -2.30. The number of amides is 1. The lowest BCUT2D eigenvalue weighted by atomic mass is 10.1. The van der Waals surface area contributed by atoms with Gasteiger partial charge in [-0.05, 0) is 42.0 Å². The zero-order chi connectivity index (χ0) is 16.4. The third-order valence-corrected chi connectivity index (χ3v) is 4.01. The summed E-state index contributed by atoms with van der Waals surface area (Å²) in [5.74, 6) is -0.239. The van der Waals surface area contributed by atoms with Crippen molar-refractivity contribution in [3.05, 3.63) is 74.6 Å². The zero-order valence-electron chi connectivity index (χ0n) is 11.8. The lowest BCUT2D eigenvalue weighted by molar-refractivity contribution is -0.115. The maximum absolute atomic E-state index is 12.2. The molecule has 0 aliphatic carbocycles. The summed E-state index contributed by atoms with van der Waals surface area (Å²) >= 11 is 12.1. The number of rotatable bonds is 3. The highest BCUT2D eigenvalue weighted by Gasteiger charge is 2.11. The molecule has 3 rings (SSSR count). The molecule has 116 valence electrons. The van der Waals surface area contributed by atoms with Gasteiger partial charge in [0.1, 0.15) is 5.58 Å². The summed E-state index contributed by atoms with van der Waals surface area (Å²) in [5, 5.41) is 4.40. The number of hydrogen-bond acceptors (Lipinski definition) is 3. The van der Waals surface area contributed by atoms with E-state index in [-0.39, 0.29) is 12.3 Å². The van der Waals surface area contributed by atoms with Crippen molar-refractivity contribution in [2.24, 2.45) is 0 Å². The molecular weight excluding hydrogens is 337 g/mol. The van der Waals surface area contributed by atoms with E-state index in [1.54, 1.807) is 42.5 Å². The number of anilines is 1. The molecular formula is C17H11Cl2NO3. The number of carbonyl (C=O) groups is 1. The van der Waals surface area contributed by atoms with Crippen molar-refractivity contribution in [3.8, 4) is 0 Å². The fraction of sp³-hybridized carbons (Fsp3) is 0.0588. The van der Waals surface area contributed by atoms with E-state index < -0.39 is 5.63 Å². The lowest BCUT2D eigenvalue weighted by Crippen LogP contribution is -2.15. The second kappa shape index (κ2) is 6.44. The molecule has 0 radical (unpaired) electrons. The minimum atomic E-state index is -0.414. The van der Waals surface area contributed by atoms with Crippen LogP contribution in [0.15, 0.2) is 57.7 Å². The normalized spacial score (nSPS) is 10.7. The van der Waals surface area contributed by atoms with E-state index in [0.29, 0.717) is 26.9 Å². The molecule has 0 saturated carbocycles. The van der Waals surface area contributed by atoms with E-state index in [1.807, 2.05) is 0 Å². The highest BCUT2D eigenvalue weighted by molar-refractivity contribution is 6.36. The number of fused-ring (bicyclic) bond motifs is 1. The van der Waals surface area contributed by atoms with Crippen molar-refractivity contribution in [1.29, 1.82) is 0 Å². The molecule has 23 heavy (non-hydrogen) atoms. The summed E-state index contributed by atoms with van der Waals surface area (Å²) in [5.41, 5.74) is 1.23. The van der Waals surface area contributed by atoms with Gasteiger partial charge < -0.3 is 9.73 Å². The molecule has 4 nitrogen and oxygen atoms in total. The molecule has 3 aromatic rings. The van der Waals surface area contributed by atoms with Crippen LogP contribution in [0.3, 0.4) is 0 Å². The standard InChI is InChI=1S/C17H11Cl2NO3/c18-13-2-1-3-14(19)12(13)9-16(21)20-11-5-6-15-10(8-11)4-7-17(22)23-15/h1-8H,9H2,(H,20,21). The Balaban J connectivity index is 1.80. The van der Waals surface area contributed by atoms with Crippen LogP contribution in [-0.2, 0) is 11.2 Å². The van der Waals surface area contributed by atoms with Crippen molar-refractivity contribution < 1.29 is 9.21 Å². The maximum atomic E-state index is 12.2. The largest absolute Gasteiger partial charge is 0.423 e. The summed E-state index contributed by atoms with van der Waals surface area (Å²) in [4.78, 5) is 23.3. The third-order valence-electron chi connectivity index (χ3n) is 3.30. The van der Waals surface area contributed by atoms with Gasteiger partial charge in [-0.15, -0.1) is 0 Å². The first kappa shape index (κ1) is 15.6. The van der Waals surface area contributed by atoms with Gasteiger partial charge >= 0.3 is 5.63 Å². The number of hydrogen-bond donors (Lipinski definition) is 1. The van der Waals surface area contributed by atoms with E-state index >= 15 is 0 Å². The number of benzene rings is 2. The second-order valence-electron chi connectivity index (χ2n) is 4.93. The van der Waals surface area contributed by atoms with Crippen LogP contribution in [-0.4, -0.2) is 5.91 Å². The smallest absolute Gasteiger partial charge is 0.336 e. The van der Waals surface area contributed by atoms with Crippen molar-refractivity contribution in [2.75, 3.05) is 5.32 Å². The Kier molecular flexibility index (Phi) is 4.37. The van der Waals surface area contributed by atoms with Gasteiger partial charge in [-0.2, -0.15) is 0 Å². The highest BCUT2D eigenvalue weighted by Crippen LogP contribution is 2.25. The van der Waals surface area contributed by atoms with E-state index in [4.69, 9.17) is 27.6 Å². The van der Waals surface area contributed by atoms with E-state index in [0.717, 1.165) is 5.39 Å². The Morgan fingerprint density at radius 3 is 2.52 bits per heavy atom. The molecule has 0 aliphatic rings. The first-order valence-corrected chi connectivity index (χ1v) is 7.55. The third kappa shape index (κ3) is 3.55. The van der Waals surface area contributed by atoms with E-state index in [1.165, 1.54) is 6.07 Å². The van der Waals surface area contributed by atoms with Crippen molar-refractivity contribution in [2.45, 2.75) is 6.42 Å². The summed E-state index contributed by atoms with van der Waals surface area (Å²) in [6.45, 7) is 0. The summed E-state index contributed by atoms with van der Waals surface area (Å²) in [7, 11) is 0. The first-order chi connectivity index (χ1) is 11.0. The molecule has 0 fully saturated rings. The Bertz CT molecular complexity index is 930. The van der Waals surface area contributed by atoms with Crippen LogP contribution in [0, 0.1) is 0 Å². The molecule has 2 aromatic carbocycles. The van der Waals surface area contributed by atoms with Crippen molar-refractivity contribution >= 4 is 45.8 Å². The van der Waals surface area contributed by atoms with Gasteiger partial charge in [0.2, 0.25) is 5.91 Å². The van der Waals surface area contributed by atoms with Crippen LogP contribution in [0.5, 0.6) is 0 Å². The molecule has 6 heteroatoms. The van der Waals surface area contributed by atoms with Gasteiger partial charge in [0, 0.05) is 27.2 Å². The molecule has 0 saturated heterocycles. The molecule has 0 unspecified atom stereocenters. The Morgan fingerprint density at radius 2 is 1.78 bits per heavy atom. The zero-order valence-corrected chi connectivity index (χ0v) is 13.3. The van der Waals surface area contributed by atoms with Crippen LogP contribution >= 0.6 is 23.2 Å². The van der Waals surface area contributed by atoms with E-state index in [9.17, 15) is 9.59 Å². The molecule has 0 aliphatic heterocycles. The quantitative estimate of drug-likeness (QED) is 0.719. The van der Waals surface area contributed by atoms with Gasteiger partial charge in [0.25, 0.3) is 0 Å². The Morgan fingerprint density at radius 1 is 1.04 bits per heavy atom. The van der Waals surface area contributed by atoms with Gasteiger partial charge in [-0.3, -0.25) is 4.79 Å². The SMILES string of the molecule is O=C(Cc1c(Cl)cccc1Cl)Nc1ccc2oc(=O)ccc2c1. The predicted octanol–water partition coefficient (Wildman–Crippen LogP) is 4.28. The van der Waals surface area contributed by atoms with Gasteiger partial charge in [0.15, 0.2) is 0 Å². The molecule has 1 amide bonds. The van der Waals surface area contributed by atoms with Gasteiger partial charge in [-0.25, -0.2) is 4.79 Å². The van der Waals surface area contributed by atoms with Crippen LogP contribution in [0.1, 0.15) is 5.56 Å². The molecule has 1 heterocycles. The van der Waals surface area contributed by atoms with Crippen molar-refractivity contribution in [1.82, 2.24) is 0 Å². The average molecular weight is 348 g/mol. The number of carbonyl (C=O) groups excluding carboxylic acids is 1. The minimum absolute atomic E-state index is 0.0699. The highest BCUT2D eigenvalue weighted by atomic mass is 35.5. The van der Waals surface area contributed by atoms with Crippen LogP contribution in [0.4, 0.5) is 5.69 Å². The summed E-state index contributed by atoms with van der Waals surface area (Å²) in [6, 6.07) is 13.1. The van der Waals surface area contributed by atoms with Crippen LogP contribution < -0.4 is 10.9 Å². The number of halogens is 2. The molecule has 0 bridgehead atoms. The lowest BCUT2D eigenvalue weighted by Gasteiger charge is -2.08. The summed E-state index contributed by atoms with van der Waals surface area (Å²) < 4.78 is 5.05. The van der Waals surface area contributed by atoms with Gasteiger partial charge in [0.05, 0.1) is 6.42 Å². The minimum Gasteiger partial charge on any atom is -0.423 e. The Labute approximate surface area is 141 Å². The molecule has 0 atom stereocenters. The monoisotopic (exact) mass is 347 g/mol. The van der Waals surface area contributed by atoms with Crippen LogP contribution in [0.25, 0.3) is 11.0 Å². The molecule has 1 N–H and O–H groups in total. The average Bonchev–Trinajstić information content (AvgIpc) is 2.51. The molecule has 0 spiro atoms. The topological polar surface area (TPSA) is 59.3 Å². The fourth-order valence-electron chi connectivity index (χ4n) is 2.22. The summed E-state index contributed by atoms with van der Waals surface area (Å²) in [6.07, 6.45) is 0.0699. The number of nitrogens with one attached hydrogen (secondary N) is 1. The maximum Gasteiger partial charge on any atom is 0.336 e. The first-order valence-electron chi connectivity index (χ1n) is 6.79. The van der Waals surface area contributed by atoms with Crippen LogP contribution in [0.2, 0.25) is 10.0 Å².